The van der Waals surface area contributed by atoms with E-state index in [2.05, 4.69) is 24.1 Å². The molecular formula is C16H26N2O. The Morgan fingerprint density at radius 1 is 1.21 bits per heavy atom. The highest BCUT2D eigenvalue weighted by Gasteiger charge is 2.19. The summed E-state index contributed by atoms with van der Waals surface area (Å²) in [5.74, 6) is 0.337. The van der Waals surface area contributed by atoms with Gasteiger partial charge in [-0.05, 0) is 57.0 Å². The number of benzene rings is 1. The fraction of sp³-hybridized carbons (Fsp3) is 0.625. The third kappa shape index (κ3) is 3.95. The first-order chi connectivity index (χ1) is 9.20. The number of aromatic hydroxyl groups is 1. The van der Waals surface area contributed by atoms with Gasteiger partial charge in [0.25, 0.3) is 0 Å². The van der Waals surface area contributed by atoms with Gasteiger partial charge in [0.15, 0.2) is 0 Å². The van der Waals surface area contributed by atoms with E-state index in [4.69, 9.17) is 0 Å². The van der Waals surface area contributed by atoms with Gasteiger partial charge in [-0.2, -0.15) is 0 Å². The molecule has 0 spiro atoms. The minimum absolute atomic E-state index is 0.337. The van der Waals surface area contributed by atoms with E-state index in [-0.39, 0.29) is 0 Å². The highest BCUT2D eigenvalue weighted by atomic mass is 16.3. The summed E-state index contributed by atoms with van der Waals surface area (Å²) in [6.45, 7) is 8.03. The Balaban J connectivity index is 1.86. The average molecular weight is 262 g/mol. The van der Waals surface area contributed by atoms with Crippen LogP contribution in [0, 0.1) is 0 Å². The van der Waals surface area contributed by atoms with Gasteiger partial charge in [0.1, 0.15) is 5.75 Å². The van der Waals surface area contributed by atoms with E-state index in [0.717, 1.165) is 13.0 Å². The molecule has 0 bridgehead atoms. The van der Waals surface area contributed by atoms with Gasteiger partial charge in [-0.1, -0.05) is 19.1 Å². The first-order valence-corrected chi connectivity index (χ1v) is 7.47. The lowest BCUT2D eigenvalue weighted by atomic mass is 10.0. The fourth-order valence-electron chi connectivity index (χ4n) is 2.83. The predicted molar refractivity (Wildman–Crippen MR) is 79.4 cm³/mol. The summed E-state index contributed by atoms with van der Waals surface area (Å²) in [5, 5.41) is 13.0. The fourth-order valence-corrected chi connectivity index (χ4v) is 2.83. The molecule has 2 N–H and O–H groups in total. The van der Waals surface area contributed by atoms with Crippen LogP contribution in [0.2, 0.25) is 0 Å². The summed E-state index contributed by atoms with van der Waals surface area (Å²) in [6.07, 6.45) is 3.76. The van der Waals surface area contributed by atoms with Crippen LogP contribution in [0.3, 0.4) is 0 Å². The smallest absolute Gasteiger partial charge is 0.115 e. The largest absolute Gasteiger partial charge is 0.508 e. The van der Waals surface area contributed by atoms with E-state index in [0.29, 0.717) is 17.8 Å². The first-order valence-electron chi connectivity index (χ1n) is 7.47. The SMILES string of the molecule is CCC(NCC(C)N1CCCC1)c1ccc(O)cc1. The van der Waals surface area contributed by atoms with Gasteiger partial charge in [-0.3, -0.25) is 4.90 Å². The Morgan fingerprint density at radius 3 is 2.42 bits per heavy atom. The Morgan fingerprint density at radius 2 is 1.84 bits per heavy atom. The molecule has 1 fully saturated rings. The van der Waals surface area contributed by atoms with E-state index < -0.39 is 0 Å². The van der Waals surface area contributed by atoms with Crippen LogP contribution in [-0.2, 0) is 0 Å². The number of phenolic OH excluding ortho intramolecular Hbond substituents is 1. The number of hydrogen-bond acceptors (Lipinski definition) is 3. The molecule has 0 saturated carbocycles. The number of rotatable bonds is 6. The quantitative estimate of drug-likeness (QED) is 0.827. The van der Waals surface area contributed by atoms with Crippen molar-refractivity contribution in [2.75, 3.05) is 19.6 Å². The van der Waals surface area contributed by atoms with Gasteiger partial charge < -0.3 is 10.4 Å². The second kappa shape index (κ2) is 6.92. The van der Waals surface area contributed by atoms with Gasteiger partial charge in [0.05, 0.1) is 0 Å². The van der Waals surface area contributed by atoms with Gasteiger partial charge in [-0.25, -0.2) is 0 Å². The summed E-state index contributed by atoms with van der Waals surface area (Å²) < 4.78 is 0. The molecule has 2 atom stereocenters. The van der Waals surface area contributed by atoms with E-state index in [9.17, 15) is 5.11 Å². The van der Waals surface area contributed by atoms with Crippen molar-refractivity contribution in [1.29, 1.82) is 0 Å². The summed E-state index contributed by atoms with van der Waals surface area (Å²) in [5.41, 5.74) is 1.26. The van der Waals surface area contributed by atoms with Crippen molar-refractivity contribution in [2.24, 2.45) is 0 Å². The lowest BCUT2D eigenvalue weighted by Gasteiger charge is -2.26. The molecule has 1 aliphatic heterocycles. The lowest BCUT2D eigenvalue weighted by Crippen LogP contribution is -2.39. The van der Waals surface area contributed by atoms with Crippen LogP contribution < -0.4 is 5.32 Å². The highest BCUT2D eigenvalue weighted by Crippen LogP contribution is 2.20. The second-order valence-corrected chi connectivity index (χ2v) is 5.55. The molecule has 1 aliphatic rings. The molecule has 19 heavy (non-hydrogen) atoms. The second-order valence-electron chi connectivity index (χ2n) is 5.55. The molecule has 1 saturated heterocycles. The highest BCUT2D eigenvalue weighted by molar-refractivity contribution is 5.27. The van der Waals surface area contributed by atoms with Crippen molar-refractivity contribution in [3.05, 3.63) is 29.8 Å². The molecule has 1 aromatic rings. The zero-order valence-electron chi connectivity index (χ0n) is 12.1. The van der Waals surface area contributed by atoms with Crippen LogP contribution in [0.25, 0.3) is 0 Å². The maximum atomic E-state index is 9.35. The Hall–Kier alpha value is -1.06. The van der Waals surface area contributed by atoms with Crippen LogP contribution in [0.4, 0.5) is 0 Å². The predicted octanol–water partition coefficient (Wildman–Crippen LogP) is 2.92. The van der Waals surface area contributed by atoms with Crippen LogP contribution in [0.15, 0.2) is 24.3 Å². The number of nitrogens with zero attached hydrogens (tertiary/aromatic N) is 1. The van der Waals surface area contributed by atoms with E-state index >= 15 is 0 Å². The molecule has 106 valence electrons. The van der Waals surface area contributed by atoms with Gasteiger partial charge in [0.2, 0.25) is 0 Å². The van der Waals surface area contributed by atoms with Gasteiger partial charge in [0, 0.05) is 18.6 Å². The number of phenols is 1. The van der Waals surface area contributed by atoms with Crippen molar-refractivity contribution in [3.8, 4) is 5.75 Å². The van der Waals surface area contributed by atoms with Crippen LogP contribution in [0.1, 0.15) is 44.7 Å². The Kier molecular flexibility index (Phi) is 5.23. The van der Waals surface area contributed by atoms with E-state index in [1.165, 1.54) is 31.5 Å². The summed E-state index contributed by atoms with van der Waals surface area (Å²) in [6, 6.07) is 8.54. The van der Waals surface area contributed by atoms with Crippen molar-refractivity contribution < 1.29 is 5.11 Å². The Labute approximate surface area is 116 Å². The standard InChI is InChI=1S/C16H26N2O/c1-3-16(14-6-8-15(19)9-7-14)17-12-13(2)18-10-4-5-11-18/h6-9,13,16-17,19H,3-5,10-12H2,1-2H3. The molecule has 3 nitrogen and oxygen atoms in total. The van der Waals surface area contributed by atoms with Gasteiger partial charge >= 0.3 is 0 Å². The molecule has 3 heteroatoms. The van der Waals surface area contributed by atoms with E-state index in [1.54, 1.807) is 12.1 Å². The van der Waals surface area contributed by atoms with Crippen molar-refractivity contribution >= 4 is 0 Å². The molecule has 2 unspecified atom stereocenters. The summed E-state index contributed by atoms with van der Waals surface area (Å²) in [7, 11) is 0. The normalized spacial score (nSPS) is 19.5. The maximum Gasteiger partial charge on any atom is 0.115 e. The van der Waals surface area contributed by atoms with Crippen molar-refractivity contribution in [2.45, 2.75) is 45.2 Å². The van der Waals surface area contributed by atoms with Crippen LogP contribution in [0.5, 0.6) is 5.75 Å². The maximum absolute atomic E-state index is 9.35. The van der Waals surface area contributed by atoms with Crippen molar-refractivity contribution in [3.63, 3.8) is 0 Å². The third-order valence-electron chi connectivity index (χ3n) is 4.13. The number of nitrogens with one attached hydrogen (secondary N) is 1. The average Bonchev–Trinajstić information content (AvgIpc) is 2.95. The summed E-state index contributed by atoms with van der Waals surface area (Å²) >= 11 is 0. The molecule has 0 aromatic heterocycles. The van der Waals surface area contributed by atoms with Crippen molar-refractivity contribution in [1.82, 2.24) is 10.2 Å². The molecule has 2 rings (SSSR count). The number of likely N-dealkylation sites (tertiary alicyclic amines) is 1. The molecule has 0 radical (unpaired) electrons. The molecule has 1 heterocycles. The monoisotopic (exact) mass is 262 g/mol. The van der Waals surface area contributed by atoms with Gasteiger partial charge in [-0.15, -0.1) is 0 Å². The minimum Gasteiger partial charge on any atom is -0.508 e. The van der Waals surface area contributed by atoms with Crippen LogP contribution in [-0.4, -0.2) is 35.7 Å². The zero-order chi connectivity index (χ0) is 13.7. The lowest BCUT2D eigenvalue weighted by molar-refractivity contribution is 0.245. The third-order valence-corrected chi connectivity index (χ3v) is 4.13. The summed E-state index contributed by atoms with van der Waals surface area (Å²) in [4.78, 5) is 2.57. The van der Waals surface area contributed by atoms with Crippen LogP contribution >= 0.6 is 0 Å². The molecule has 0 aliphatic carbocycles. The molecular weight excluding hydrogens is 236 g/mol. The molecule has 1 aromatic carbocycles. The molecule has 0 amide bonds. The number of hydrogen-bond donors (Lipinski definition) is 2. The minimum atomic E-state index is 0.337. The van der Waals surface area contributed by atoms with E-state index in [1.807, 2.05) is 12.1 Å². The Bertz CT molecular complexity index is 371. The zero-order valence-corrected chi connectivity index (χ0v) is 12.1. The first kappa shape index (κ1) is 14.4. The topological polar surface area (TPSA) is 35.5 Å².